The lowest BCUT2D eigenvalue weighted by molar-refractivity contribution is -0.894. The third-order valence-corrected chi connectivity index (χ3v) is 5.52. The monoisotopic (exact) mass is 378 g/mol. The largest absolute Gasteiger partial charge is 0.489 e. The molecule has 0 atom stereocenters. The highest BCUT2D eigenvalue weighted by Crippen LogP contribution is 2.32. The lowest BCUT2D eigenvalue weighted by Crippen LogP contribution is -2.55. The Kier molecular flexibility index (Phi) is 7.18. The molecule has 1 saturated heterocycles. The van der Waals surface area contributed by atoms with E-state index >= 15 is 0 Å². The van der Waals surface area contributed by atoms with Gasteiger partial charge in [-0.1, -0.05) is 0 Å². The van der Waals surface area contributed by atoms with Crippen molar-refractivity contribution in [1.29, 1.82) is 0 Å². The van der Waals surface area contributed by atoms with Gasteiger partial charge in [-0.15, -0.1) is 0 Å². The molecule has 2 aliphatic heterocycles. The van der Waals surface area contributed by atoms with Gasteiger partial charge in [0.15, 0.2) is 0 Å². The second kappa shape index (κ2) is 9.59. The second-order valence-electron chi connectivity index (χ2n) is 8.15. The molecule has 1 aromatic rings. The minimum Gasteiger partial charge on any atom is -0.489 e. The Labute approximate surface area is 163 Å². The summed E-state index contributed by atoms with van der Waals surface area (Å²) in [6, 6.07) is 5.89. The molecule has 3 rings (SSSR count). The molecule has 1 fully saturated rings. The number of nitrogens with one attached hydrogen (secondary N) is 1. The molecule has 0 radical (unpaired) electrons. The number of quaternary nitrogens is 1. The van der Waals surface area contributed by atoms with Crippen LogP contribution in [-0.2, 0) is 4.74 Å². The summed E-state index contributed by atoms with van der Waals surface area (Å²) in [5.74, 6) is 0.893. The summed E-state index contributed by atoms with van der Waals surface area (Å²) in [5.41, 5.74) is 7.72. The summed E-state index contributed by atoms with van der Waals surface area (Å²) in [5, 5.41) is 3.48. The van der Waals surface area contributed by atoms with Crippen LogP contribution in [0.25, 0.3) is 0 Å². The Hall–Kier alpha value is -1.54. The van der Waals surface area contributed by atoms with Gasteiger partial charge in [0.05, 0.1) is 52.6 Å². The number of nitrogen functional groups attached to an aromatic ring is 1. The van der Waals surface area contributed by atoms with E-state index in [0.717, 1.165) is 67.5 Å². The number of anilines is 2. The third-order valence-electron chi connectivity index (χ3n) is 5.52. The van der Waals surface area contributed by atoms with Gasteiger partial charge in [0.25, 0.3) is 0 Å². The molecular formula is C20H36N5O2+. The number of piperazine rings is 1. The average Bonchev–Trinajstić information content (AvgIpc) is 2.64. The zero-order valence-electron chi connectivity index (χ0n) is 17.0. The van der Waals surface area contributed by atoms with E-state index in [1.165, 1.54) is 26.2 Å². The number of benzene rings is 1. The molecule has 0 spiro atoms. The number of likely N-dealkylation sites (N-methyl/N-ethyl adjacent to an activating group) is 1. The average molecular weight is 379 g/mol. The molecule has 7 heteroatoms. The molecule has 0 aliphatic carbocycles. The molecule has 7 nitrogen and oxygen atoms in total. The number of nitrogens with two attached hydrogens (primary N) is 1. The number of hydrogen-bond donors (Lipinski definition) is 2. The Bertz CT molecular complexity index is 586. The predicted octanol–water partition coefficient (Wildman–Crippen LogP) is 0.466. The molecule has 0 unspecified atom stereocenters. The Morgan fingerprint density at radius 2 is 1.93 bits per heavy atom. The first-order chi connectivity index (χ1) is 13.0. The van der Waals surface area contributed by atoms with Crippen molar-refractivity contribution < 1.29 is 14.0 Å². The normalized spacial score (nSPS) is 19.6. The van der Waals surface area contributed by atoms with Gasteiger partial charge in [-0.05, 0) is 12.1 Å². The van der Waals surface area contributed by atoms with Crippen molar-refractivity contribution in [2.24, 2.45) is 0 Å². The van der Waals surface area contributed by atoms with Gasteiger partial charge in [-0.25, -0.2) is 0 Å². The summed E-state index contributed by atoms with van der Waals surface area (Å²) in [4.78, 5) is 4.86. The van der Waals surface area contributed by atoms with Gasteiger partial charge >= 0.3 is 0 Å². The first-order valence-corrected chi connectivity index (χ1v) is 10.1. The molecule has 0 amide bonds. The van der Waals surface area contributed by atoms with Crippen LogP contribution in [0.2, 0.25) is 0 Å². The highest BCUT2D eigenvalue weighted by Gasteiger charge is 2.23. The maximum atomic E-state index is 5.84. The van der Waals surface area contributed by atoms with E-state index in [9.17, 15) is 0 Å². The SMILES string of the molecule is C[N+]1(C)CCN(CCOCCNCCN2CCOc3cc(N)ccc32)CC1. The molecule has 27 heavy (non-hydrogen) atoms. The van der Waals surface area contributed by atoms with Gasteiger partial charge < -0.3 is 29.9 Å². The maximum Gasteiger partial charge on any atom is 0.144 e. The molecule has 0 saturated carbocycles. The molecular weight excluding hydrogens is 342 g/mol. The van der Waals surface area contributed by atoms with Crippen LogP contribution in [0.3, 0.4) is 0 Å². The van der Waals surface area contributed by atoms with Crippen LogP contribution >= 0.6 is 0 Å². The summed E-state index contributed by atoms with van der Waals surface area (Å²) in [7, 11) is 4.62. The van der Waals surface area contributed by atoms with Crippen LogP contribution in [0.1, 0.15) is 0 Å². The van der Waals surface area contributed by atoms with Crippen LogP contribution in [0.4, 0.5) is 11.4 Å². The predicted molar refractivity (Wildman–Crippen MR) is 111 cm³/mol. The molecule has 0 aromatic heterocycles. The zero-order valence-corrected chi connectivity index (χ0v) is 17.0. The molecule has 2 heterocycles. The van der Waals surface area contributed by atoms with E-state index in [1.807, 2.05) is 18.2 Å². The van der Waals surface area contributed by atoms with E-state index < -0.39 is 0 Å². The van der Waals surface area contributed by atoms with E-state index in [1.54, 1.807) is 0 Å². The molecule has 0 bridgehead atoms. The first kappa shape index (κ1) is 20.2. The van der Waals surface area contributed by atoms with Crippen LogP contribution in [0.15, 0.2) is 18.2 Å². The number of ether oxygens (including phenoxy) is 2. The fourth-order valence-corrected chi connectivity index (χ4v) is 3.58. The zero-order chi connectivity index (χ0) is 19.1. The highest BCUT2D eigenvalue weighted by molar-refractivity contribution is 5.65. The van der Waals surface area contributed by atoms with Crippen molar-refractivity contribution in [3.63, 3.8) is 0 Å². The highest BCUT2D eigenvalue weighted by atomic mass is 16.5. The van der Waals surface area contributed by atoms with Gasteiger partial charge in [0.2, 0.25) is 0 Å². The van der Waals surface area contributed by atoms with E-state index in [-0.39, 0.29) is 0 Å². The second-order valence-corrected chi connectivity index (χ2v) is 8.15. The van der Waals surface area contributed by atoms with Crippen LogP contribution in [0.5, 0.6) is 5.75 Å². The molecule has 2 aliphatic rings. The summed E-state index contributed by atoms with van der Waals surface area (Å²) >= 11 is 0. The summed E-state index contributed by atoms with van der Waals surface area (Å²) < 4.78 is 12.6. The Morgan fingerprint density at radius 3 is 2.74 bits per heavy atom. The van der Waals surface area contributed by atoms with E-state index in [4.69, 9.17) is 15.2 Å². The minimum absolute atomic E-state index is 0.714. The van der Waals surface area contributed by atoms with Crippen molar-refractivity contribution in [3.8, 4) is 5.75 Å². The fraction of sp³-hybridized carbons (Fsp3) is 0.700. The smallest absolute Gasteiger partial charge is 0.144 e. The number of rotatable bonds is 9. The number of fused-ring (bicyclic) bond motifs is 1. The minimum atomic E-state index is 0.714. The Morgan fingerprint density at radius 1 is 1.11 bits per heavy atom. The van der Waals surface area contributed by atoms with Crippen molar-refractivity contribution in [2.75, 3.05) is 103 Å². The van der Waals surface area contributed by atoms with Crippen LogP contribution in [0, 0.1) is 0 Å². The van der Waals surface area contributed by atoms with E-state index in [0.29, 0.717) is 6.61 Å². The van der Waals surface area contributed by atoms with Crippen molar-refractivity contribution in [2.45, 2.75) is 0 Å². The maximum absolute atomic E-state index is 5.84. The topological polar surface area (TPSA) is 63.0 Å². The quantitative estimate of drug-likeness (QED) is 0.370. The fourth-order valence-electron chi connectivity index (χ4n) is 3.58. The molecule has 152 valence electrons. The third kappa shape index (κ3) is 6.24. The lowest BCUT2D eigenvalue weighted by atomic mass is 10.2. The standard InChI is InChI=1S/C20H36N5O2/c1-25(2)12-8-23(9-13-25)10-15-26-14-6-22-5-7-24-11-16-27-20-17-18(21)3-4-19(20)24/h3-4,17,22H,5-16,21H2,1-2H3/q+1. The van der Waals surface area contributed by atoms with E-state index in [2.05, 4.69) is 29.2 Å². The Balaban J connectivity index is 1.23. The van der Waals surface area contributed by atoms with Gasteiger partial charge in [0.1, 0.15) is 12.4 Å². The molecule has 1 aromatic carbocycles. The van der Waals surface area contributed by atoms with Crippen LogP contribution < -0.4 is 20.7 Å². The summed E-state index contributed by atoms with van der Waals surface area (Å²) in [6.45, 7) is 11.9. The van der Waals surface area contributed by atoms with Crippen molar-refractivity contribution >= 4 is 11.4 Å². The first-order valence-electron chi connectivity index (χ1n) is 10.1. The van der Waals surface area contributed by atoms with Crippen molar-refractivity contribution in [3.05, 3.63) is 18.2 Å². The summed E-state index contributed by atoms with van der Waals surface area (Å²) in [6.07, 6.45) is 0. The lowest BCUT2D eigenvalue weighted by Gasteiger charge is -2.39. The van der Waals surface area contributed by atoms with Crippen LogP contribution in [-0.4, -0.2) is 102 Å². The van der Waals surface area contributed by atoms with Crippen molar-refractivity contribution in [1.82, 2.24) is 10.2 Å². The van der Waals surface area contributed by atoms with Gasteiger partial charge in [-0.2, -0.15) is 0 Å². The number of hydrogen-bond acceptors (Lipinski definition) is 6. The molecule has 3 N–H and O–H groups in total. The van der Waals surface area contributed by atoms with Gasteiger partial charge in [0, 0.05) is 51.0 Å². The van der Waals surface area contributed by atoms with Gasteiger partial charge in [-0.3, -0.25) is 4.90 Å². The number of nitrogens with zero attached hydrogens (tertiary/aromatic N) is 3.